The van der Waals surface area contributed by atoms with Crippen molar-refractivity contribution in [3.05, 3.63) is 66.0 Å². The van der Waals surface area contributed by atoms with E-state index in [9.17, 15) is 9.90 Å². The fourth-order valence-corrected chi connectivity index (χ4v) is 5.14. The lowest BCUT2D eigenvalue weighted by molar-refractivity contribution is -0.124. The van der Waals surface area contributed by atoms with Crippen molar-refractivity contribution in [1.82, 2.24) is 20.1 Å². The van der Waals surface area contributed by atoms with Crippen LogP contribution in [-0.4, -0.2) is 83.9 Å². The van der Waals surface area contributed by atoms with Gasteiger partial charge in [0.25, 0.3) is 0 Å². The predicted molar refractivity (Wildman–Crippen MR) is 128 cm³/mol. The molecule has 1 amide bonds. The van der Waals surface area contributed by atoms with Crippen LogP contribution in [0.15, 0.2) is 54.7 Å². The Morgan fingerprint density at radius 2 is 1.79 bits per heavy atom. The van der Waals surface area contributed by atoms with Gasteiger partial charge >= 0.3 is 0 Å². The van der Waals surface area contributed by atoms with E-state index in [0.29, 0.717) is 6.54 Å². The van der Waals surface area contributed by atoms with Gasteiger partial charge in [-0.2, -0.15) is 0 Å². The predicted octanol–water partition coefficient (Wildman–Crippen LogP) is 2.20. The zero-order valence-corrected chi connectivity index (χ0v) is 19.5. The van der Waals surface area contributed by atoms with Crippen molar-refractivity contribution in [2.75, 3.05) is 52.5 Å². The van der Waals surface area contributed by atoms with Crippen LogP contribution in [0.3, 0.4) is 0 Å². The van der Waals surface area contributed by atoms with Gasteiger partial charge in [0.05, 0.1) is 24.3 Å². The van der Waals surface area contributed by atoms with Crippen LogP contribution in [0.25, 0.3) is 0 Å². The first-order valence-electron chi connectivity index (χ1n) is 12.0. The van der Waals surface area contributed by atoms with E-state index in [1.807, 2.05) is 43.3 Å². The summed E-state index contributed by atoms with van der Waals surface area (Å²) in [5.74, 6) is -0.265. The highest BCUT2D eigenvalue weighted by Crippen LogP contribution is 2.31. The van der Waals surface area contributed by atoms with Gasteiger partial charge in [0, 0.05) is 57.7 Å². The number of benzene rings is 1. The molecule has 1 aromatic carbocycles. The molecule has 0 aliphatic carbocycles. The fourth-order valence-electron chi connectivity index (χ4n) is 5.14. The van der Waals surface area contributed by atoms with Crippen molar-refractivity contribution >= 4 is 5.91 Å². The maximum absolute atomic E-state index is 12.9. The van der Waals surface area contributed by atoms with Crippen molar-refractivity contribution in [2.24, 2.45) is 0 Å². The van der Waals surface area contributed by atoms with E-state index in [1.165, 1.54) is 0 Å². The molecule has 2 saturated heterocycles. The molecule has 7 heteroatoms. The molecule has 2 aliphatic heterocycles. The van der Waals surface area contributed by atoms with E-state index >= 15 is 0 Å². The number of pyridine rings is 1. The van der Waals surface area contributed by atoms with Gasteiger partial charge in [-0.1, -0.05) is 36.4 Å². The summed E-state index contributed by atoms with van der Waals surface area (Å²) >= 11 is 0. The van der Waals surface area contributed by atoms with E-state index < -0.39 is 0 Å². The van der Waals surface area contributed by atoms with Crippen LogP contribution in [0.2, 0.25) is 0 Å². The maximum atomic E-state index is 12.9. The Morgan fingerprint density at radius 1 is 1.09 bits per heavy atom. The Balaban J connectivity index is 1.39. The second-order valence-electron chi connectivity index (χ2n) is 9.16. The minimum atomic E-state index is -0.281. The number of nitrogens with zero attached hydrogens (tertiary/aromatic N) is 3. The summed E-state index contributed by atoms with van der Waals surface area (Å²) in [5, 5.41) is 13.3. The summed E-state index contributed by atoms with van der Waals surface area (Å²) in [6.07, 6.45) is 3.55. The third-order valence-corrected chi connectivity index (χ3v) is 7.32. The molecule has 0 bridgehead atoms. The first-order valence-corrected chi connectivity index (χ1v) is 12.0. The molecule has 7 nitrogen and oxygen atoms in total. The van der Waals surface area contributed by atoms with Gasteiger partial charge in [0.1, 0.15) is 0 Å². The zero-order valence-electron chi connectivity index (χ0n) is 19.5. The Bertz CT molecular complexity index is 866. The number of aliphatic hydroxyl groups is 1. The number of hydrogen-bond acceptors (Lipinski definition) is 6. The number of piperazine rings is 1. The lowest BCUT2D eigenvalue weighted by Gasteiger charge is -2.50. The monoisotopic (exact) mass is 452 g/mol. The fraction of sp³-hybridized carbons (Fsp3) is 0.538. The molecule has 0 saturated carbocycles. The van der Waals surface area contributed by atoms with Crippen LogP contribution in [0.4, 0.5) is 0 Å². The molecule has 1 aromatic heterocycles. The van der Waals surface area contributed by atoms with Crippen LogP contribution < -0.4 is 5.32 Å². The first kappa shape index (κ1) is 23.8. The highest BCUT2D eigenvalue weighted by molar-refractivity contribution is 5.82. The van der Waals surface area contributed by atoms with Crippen LogP contribution in [0, 0.1) is 0 Å². The number of aliphatic hydroxyl groups excluding tert-OH is 1. The number of nitrogens with one attached hydrogen (secondary N) is 1. The lowest BCUT2D eigenvalue weighted by Crippen LogP contribution is -2.63. The summed E-state index contributed by atoms with van der Waals surface area (Å²) in [6.45, 7) is 7.68. The van der Waals surface area contributed by atoms with Gasteiger partial charge in [-0.05, 0) is 37.5 Å². The van der Waals surface area contributed by atoms with Crippen molar-refractivity contribution in [2.45, 2.75) is 37.3 Å². The quantitative estimate of drug-likeness (QED) is 0.640. The highest BCUT2D eigenvalue weighted by atomic mass is 16.5. The summed E-state index contributed by atoms with van der Waals surface area (Å²) < 4.78 is 5.68. The van der Waals surface area contributed by atoms with Crippen LogP contribution >= 0.6 is 0 Å². The van der Waals surface area contributed by atoms with Gasteiger partial charge in [-0.15, -0.1) is 0 Å². The molecule has 33 heavy (non-hydrogen) atoms. The second-order valence-corrected chi connectivity index (χ2v) is 9.16. The van der Waals surface area contributed by atoms with Gasteiger partial charge in [0.15, 0.2) is 0 Å². The minimum absolute atomic E-state index is 0.0163. The van der Waals surface area contributed by atoms with Gasteiger partial charge in [-0.25, -0.2) is 0 Å². The molecular formula is C26H36N4O3. The zero-order chi connectivity index (χ0) is 23.1. The Morgan fingerprint density at radius 3 is 2.42 bits per heavy atom. The normalized spacial score (nSPS) is 21.3. The lowest BCUT2D eigenvalue weighted by atomic mass is 9.86. The van der Waals surface area contributed by atoms with Gasteiger partial charge < -0.3 is 15.2 Å². The molecule has 2 aliphatic rings. The third kappa shape index (κ3) is 5.61. The number of amides is 1. The molecule has 2 unspecified atom stereocenters. The molecule has 0 spiro atoms. The van der Waals surface area contributed by atoms with E-state index in [4.69, 9.17) is 4.74 Å². The molecule has 3 heterocycles. The number of hydrogen-bond donors (Lipinski definition) is 2. The number of ether oxygens (including phenoxy) is 1. The molecule has 4 rings (SSSR count). The second kappa shape index (κ2) is 11.2. The average molecular weight is 453 g/mol. The van der Waals surface area contributed by atoms with Crippen LogP contribution in [0.5, 0.6) is 0 Å². The molecule has 2 atom stereocenters. The Kier molecular flexibility index (Phi) is 8.09. The molecule has 2 fully saturated rings. The minimum Gasteiger partial charge on any atom is -0.394 e. The number of rotatable bonds is 8. The summed E-state index contributed by atoms with van der Waals surface area (Å²) in [4.78, 5) is 22.2. The number of carbonyl (C=O) groups excluding carboxylic acids is 1. The molecule has 2 N–H and O–H groups in total. The highest BCUT2D eigenvalue weighted by Gasteiger charge is 2.41. The first-order chi connectivity index (χ1) is 16.1. The summed E-state index contributed by atoms with van der Waals surface area (Å²) in [5.41, 5.74) is 1.86. The van der Waals surface area contributed by atoms with Crippen molar-refractivity contribution in [3.63, 3.8) is 0 Å². The molecule has 0 radical (unpaired) electrons. The van der Waals surface area contributed by atoms with E-state index in [1.54, 1.807) is 6.20 Å². The Labute approximate surface area is 196 Å². The topological polar surface area (TPSA) is 77.9 Å². The van der Waals surface area contributed by atoms with Crippen molar-refractivity contribution in [1.29, 1.82) is 0 Å². The largest absolute Gasteiger partial charge is 0.394 e. The molecule has 178 valence electrons. The van der Waals surface area contributed by atoms with Crippen LogP contribution in [-0.2, 0) is 9.53 Å². The SMILES string of the molecule is CC(C(=O)NCC1(N2CCN(C(CO)c3ccccc3)CC2)CCOCC1)c1ccccn1. The van der Waals surface area contributed by atoms with Crippen molar-refractivity contribution in [3.8, 4) is 0 Å². The van der Waals surface area contributed by atoms with E-state index in [-0.39, 0.29) is 30.0 Å². The van der Waals surface area contributed by atoms with E-state index in [2.05, 4.69) is 32.2 Å². The maximum Gasteiger partial charge on any atom is 0.228 e. The smallest absolute Gasteiger partial charge is 0.228 e. The standard InChI is InChI=1S/C26H36N4O3/c1-21(23-9-5-6-12-27-23)25(32)28-20-26(10-17-33-18-11-26)30-15-13-29(14-16-30)24(19-31)22-7-3-2-4-8-22/h2-9,12,21,24,31H,10-11,13-20H2,1H3,(H,28,32). The number of carbonyl (C=O) groups is 1. The number of aromatic nitrogens is 1. The average Bonchev–Trinajstić information content (AvgIpc) is 2.89. The Hall–Kier alpha value is -2.32. The molecular weight excluding hydrogens is 416 g/mol. The van der Waals surface area contributed by atoms with Gasteiger partial charge in [0.2, 0.25) is 5.91 Å². The summed E-state index contributed by atoms with van der Waals surface area (Å²) in [6, 6.07) is 15.9. The molecule has 2 aromatic rings. The van der Waals surface area contributed by atoms with Gasteiger partial charge in [-0.3, -0.25) is 19.6 Å². The summed E-state index contributed by atoms with van der Waals surface area (Å²) in [7, 11) is 0. The van der Waals surface area contributed by atoms with Crippen LogP contribution in [0.1, 0.15) is 43.0 Å². The third-order valence-electron chi connectivity index (χ3n) is 7.32. The van der Waals surface area contributed by atoms with Crippen molar-refractivity contribution < 1.29 is 14.6 Å². The van der Waals surface area contributed by atoms with E-state index in [0.717, 1.165) is 63.5 Å².